The van der Waals surface area contributed by atoms with E-state index in [9.17, 15) is 25.2 Å². The van der Waals surface area contributed by atoms with Crippen molar-refractivity contribution >= 4 is 5.78 Å². The Balaban J connectivity index is 1.90. The predicted octanol–water partition coefficient (Wildman–Crippen LogP) is 4.52. The third kappa shape index (κ3) is 11.7. The minimum Gasteiger partial charge on any atom is -0.390 e. The summed E-state index contributed by atoms with van der Waals surface area (Å²) >= 11 is 0. The van der Waals surface area contributed by atoms with Gasteiger partial charge in [0, 0.05) is 26.7 Å². The number of nitrogens with zero attached hydrogens (tertiary/aromatic N) is 1. The SMILES string of the molecule is CC[C@@H](O)C(OC)C(=O)[C@H](C)CC(C)/C=C/C=C/C=C(\C)CCC1CCC(C)C(O)C(C(O)N2CCCCC2C(O)OC)O1. The number of rotatable bonds is 17. The first-order valence-electron chi connectivity index (χ1n) is 16.7. The molecule has 0 amide bonds. The van der Waals surface area contributed by atoms with Gasteiger partial charge in [-0.05, 0) is 70.1 Å². The van der Waals surface area contributed by atoms with Gasteiger partial charge in [0.05, 0.1) is 24.4 Å². The molecule has 2 aliphatic rings. The quantitative estimate of drug-likeness (QED) is 0.137. The highest BCUT2D eigenvalue weighted by Crippen LogP contribution is 2.32. The van der Waals surface area contributed by atoms with Gasteiger partial charge in [0.25, 0.3) is 0 Å². The number of Topliss-reactive ketones (excluding diaryl/α,β-unsaturated/α-hetero) is 1. The molecular formula is C35H61NO8. The normalized spacial score (nSPS) is 30.2. The number of hydrogen-bond donors (Lipinski definition) is 4. The Labute approximate surface area is 266 Å². The van der Waals surface area contributed by atoms with Crippen LogP contribution in [0.15, 0.2) is 36.0 Å². The summed E-state index contributed by atoms with van der Waals surface area (Å²) in [6, 6.07) is -0.334. The van der Waals surface area contributed by atoms with E-state index in [1.807, 2.05) is 43.9 Å². The first kappa shape index (κ1) is 38.8. The number of aliphatic hydroxyl groups is 4. The summed E-state index contributed by atoms with van der Waals surface area (Å²) < 4.78 is 16.8. The Morgan fingerprint density at radius 2 is 1.77 bits per heavy atom. The third-order valence-electron chi connectivity index (χ3n) is 9.43. The number of methoxy groups -OCH3 is 2. The number of ketones is 1. The number of piperidine rings is 1. The van der Waals surface area contributed by atoms with Crippen LogP contribution in [0.4, 0.5) is 0 Å². The smallest absolute Gasteiger partial charge is 0.169 e. The lowest BCUT2D eigenvalue weighted by atomic mass is 9.89. The largest absolute Gasteiger partial charge is 0.390 e. The fraction of sp³-hybridized carbons (Fsp3) is 0.800. The zero-order valence-electron chi connectivity index (χ0n) is 28.2. The molecule has 0 aromatic carbocycles. The monoisotopic (exact) mass is 623 g/mol. The maximum absolute atomic E-state index is 12.7. The Bertz CT molecular complexity index is 922. The van der Waals surface area contributed by atoms with Crippen molar-refractivity contribution in [3.05, 3.63) is 36.0 Å². The molecule has 2 fully saturated rings. The van der Waals surface area contributed by atoms with Gasteiger partial charge in [0.1, 0.15) is 18.4 Å². The summed E-state index contributed by atoms with van der Waals surface area (Å²) in [4.78, 5) is 14.5. The van der Waals surface area contributed by atoms with Crippen molar-refractivity contribution in [2.45, 2.75) is 141 Å². The molecule has 2 saturated heterocycles. The molecule has 44 heavy (non-hydrogen) atoms. The Morgan fingerprint density at radius 1 is 1.05 bits per heavy atom. The average molecular weight is 624 g/mol. The van der Waals surface area contributed by atoms with Crippen molar-refractivity contribution in [2.75, 3.05) is 20.8 Å². The van der Waals surface area contributed by atoms with Crippen LogP contribution in [0.1, 0.15) is 92.4 Å². The van der Waals surface area contributed by atoms with Crippen molar-refractivity contribution in [1.82, 2.24) is 4.90 Å². The number of carbonyl (C=O) groups excluding carboxylic acids is 1. The molecule has 0 aromatic heterocycles. The van der Waals surface area contributed by atoms with Crippen LogP contribution < -0.4 is 0 Å². The van der Waals surface area contributed by atoms with Crippen LogP contribution in [-0.4, -0.2) is 101 Å². The highest BCUT2D eigenvalue weighted by atomic mass is 16.6. The van der Waals surface area contributed by atoms with Gasteiger partial charge in [-0.3, -0.25) is 9.69 Å². The molecule has 2 heterocycles. The van der Waals surface area contributed by atoms with Crippen LogP contribution in [0.2, 0.25) is 0 Å². The molecule has 0 radical (unpaired) electrons. The van der Waals surface area contributed by atoms with Gasteiger partial charge in [-0.1, -0.05) is 70.1 Å². The van der Waals surface area contributed by atoms with Gasteiger partial charge < -0.3 is 34.6 Å². The minimum atomic E-state index is -1.03. The van der Waals surface area contributed by atoms with Gasteiger partial charge in [-0.25, -0.2) is 0 Å². The maximum Gasteiger partial charge on any atom is 0.169 e. The van der Waals surface area contributed by atoms with Crippen LogP contribution >= 0.6 is 0 Å². The molecule has 9 nitrogen and oxygen atoms in total. The summed E-state index contributed by atoms with van der Waals surface area (Å²) in [5, 5.41) is 42.9. The number of allylic oxidation sites excluding steroid dienone is 6. The van der Waals surface area contributed by atoms with Gasteiger partial charge >= 0.3 is 0 Å². The Kier molecular flexibility index (Phi) is 17.6. The fourth-order valence-electron chi connectivity index (χ4n) is 6.45. The lowest BCUT2D eigenvalue weighted by molar-refractivity contribution is -0.214. The molecule has 0 saturated carbocycles. The van der Waals surface area contributed by atoms with E-state index in [1.54, 1.807) is 0 Å². The zero-order valence-corrected chi connectivity index (χ0v) is 28.2. The van der Waals surface area contributed by atoms with Crippen LogP contribution in [0.25, 0.3) is 0 Å². The Hall–Kier alpha value is -1.43. The van der Waals surface area contributed by atoms with Gasteiger partial charge in [0.2, 0.25) is 0 Å². The second-order valence-electron chi connectivity index (χ2n) is 13.1. The summed E-state index contributed by atoms with van der Waals surface area (Å²) in [6.45, 7) is 10.5. The van der Waals surface area contributed by atoms with Crippen molar-refractivity contribution in [3.8, 4) is 0 Å². The molecule has 254 valence electrons. The second-order valence-corrected chi connectivity index (χ2v) is 13.1. The molecule has 2 rings (SSSR count). The number of hydrogen-bond acceptors (Lipinski definition) is 9. The third-order valence-corrected chi connectivity index (χ3v) is 9.43. The van der Waals surface area contributed by atoms with Gasteiger partial charge in [-0.15, -0.1) is 0 Å². The number of carbonyl (C=O) groups is 1. The molecule has 11 atom stereocenters. The molecule has 9 unspecified atom stereocenters. The van der Waals surface area contributed by atoms with Crippen LogP contribution in [0.3, 0.4) is 0 Å². The fourth-order valence-corrected chi connectivity index (χ4v) is 6.45. The number of likely N-dealkylation sites (tertiary alicyclic amines) is 1. The molecule has 0 aliphatic carbocycles. The molecule has 9 heteroatoms. The van der Waals surface area contributed by atoms with E-state index in [1.165, 1.54) is 19.8 Å². The highest BCUT2D eigenvalue weighted by Gasteiger charge is 2.43. The van der Waals surface area contributed by atoms with Crippen LogP contribution in [0.5, 0.6) is 0 Å². The summed E-state index contributed by atoms with van der Waals surface area (Å²) in [5.74, 6) is -0.0683. The van der Waals surface area contributed by atoms with E-state index in [0.717, 1.165) is 44.9 Å². The molecule has 2 aliphatic heterocycles. The first-order valence-corrected chi connectivity index (χ1v) is 16.7. The van der Waals surface area contributed by atoms with Gasteiger partial charge in [-0.2, -0.15) is 0 Å². The zero-order chi connectivity index (χ0) is 32.8. The lowest BCUT2D eigenvalue weighted by Gasteiger charge is -2.44. The summed E-state index contributed by atoms with van der Waals surface area (Å²) in [5.41, 5.74) is 1.21. The van der Waals surface area contributed by atoms with E-state index in [-0.39, 0.29) is 35.7 Å². The standard InChI is InChI=1S/C35H61NO8/c1-8-29(37)32(42-6)31(39)26(5)22-24(3)15-11-9-10-14-23(2)17-19-27-20-18-25(4)30(38)33(44-27)34(40)36-21-13-12-16-28(36)35(41)43-7/h9-11,14-15,24-30,32-35,37-38,40-41H,8,12-13,16-22H2,1-7H3/b10-9+,15-11+,23-14+/t24?,25?,26-,27?,28?,29-,30?,32?,33?,34?,35?/m1/s1. The van der Waals surface area contributed by atoms with Crippen molar-refractivity contribution < 1.29 is 39.4 Å². The topological polar surface area (TPSA) is 129 Å². The summed E-state index contributed by atoms with van der Waals surface area (Å²) in [7, 11) is 2.93. The molecule has 0 spiro atoms. The first-order chi connectivity index (χ1) is 20.9. The van der Waals surface area contributed by atoms with E-state index < -0.39 is 36.9 Å². The average Bonchev–Trinajstić information content (AvgIpc) is 3.16. The number of ether oxygens (including phenoxy) is 3. The van der Waals surface area contributed by atoms with Crippen LogP contribution in [-0.2, 0) is 19.0 Å². The van der Waals surface area contributed by atoms with E-state index in [4.69, 9.17) is 14.2 Å². The van der Waals surface area contributed by atoms with E-state index >= 15 is 0 Å². The number of aliphatic hydroxyl groups excluding tert-OH is 4. The summed E-state index contributed by atoms with van der Waals surface area (Å²) in [6.07, 6.45) is 12.0. The van der Waals surface area contributed by atoms with Crippen LogP contribution in [0, 0.1) is 17.8 Å². The Morgan fingerprint density at radius 3 is 2.43 bits per heavy atom. The lowest BCUT2D eigenvalue weighted by Crippen LogP contribution is -2.59. The molecule has 0 aromatic rings. The second kappa shape index (κ2) is 19.9. The molecule has 0 bridgehead atoms. The van der Waals surface area contributed by atoms with E-state index in [0.29, 0.717) is 19.4 Å². The van der Waals surface area contributed by atoms with Crippen molar-refractivity contribution in [3.63, 3.8) is 0 Å². The maximum atomic E-state index is 12.7. The van der Waals surface area contributed by atoms with Crippen molar-refractivity contribution in [2.24, 2.45) is 17.8 Å². The molecular weight excluding hydrogens is 562 g/mol. The molecule has 4 N–H and O–H groups in total. The van der Waals surface area contributed by atoms with Crippen molar-refractivity contribution in [1.29, 1.82) is 0 Å². The minimum absolute atomic E-state index is 0.00515. The highest BCUT2D eigenvalue weighted by molar-refractivity contribution is 5.85. The predicted molar refractivity (Wildman–Crippen MR) is 173 cm³/mol. The van der Waals surface area contributed by atoms with Gasteiger partial charge in [0.15, 0.2) is 12.1 Å². The van der Waals surface area contributed by atoms with E-state index in [2.05, 4.69) is 26.0 Å².